The molecular formula is C20H23N3O3S. The summed E-state index contributed by atoms with van der Waals surface area (Å²) in [5.41, 5.74) is 1.77. The summed E-state index contributed by atoms with van der Waals surface area (Å²) < 4.78 is 32.6. The molecule has 0 bridgehead atoms. The second-order valence-electron chi connectivity index (χ2n) is 6.39. The van der Waals surface area contributed by atoms with Gasteiger partial charge in [-0.15, -0.1) is 0 Å². The third-order valence-corrected chi connectivity index (χ3v) is 6.51. The molecule has 0 atom stereocenters. The Morgan fingerprint density at radius 3 is 2.19 bits per heavy atom. The number of nitrogens with zero attached hydrogens (tertiary/aromatic N) is 3. The molecule has 0 N–H and O–H groups in total. The number of piperazine rings is 1. The largest absolute Gasteiger partial charge is 0.494 e. The van der Waals surface area contributed by atoms with Crippen LogP contribution in [0.2, 0.25) is 0 Å². The van der Waals surface area contributed by atoms with E-state index in [-0.39, 0.29) is 0 Å². The van der Waals surface area contributed by atoms with Crippen molar-refractivity contribution >= 4 is 10.0 Å². The van der Waals surface area contributed by atoms with Gasteiger partial charge in [-0.05, 0) is 48.9 Å². The lowest BCUT2D eigenvalue weighted by molar-refractivity contribution is 0.181. The summed E-state index contributed by atoms with van der Waals surface area (Å²) in [4.78, 5) is 2.53. The van der Waals surface area contributed by atoms with Gasteiger partial charge >= 0.3 is 0 Å². The summed E-state index contributed by atoms with van der Waals surface area (Å²) >= 11 is 0. The average molecular weight is 385 g/mol. The van der Waals surface area contributed by atoms with Gasteiger partial charge < -0.3 is 4.74 Å². The second kappa shape index (κ2) is 8.53. The molecule has 3 rings (SSSR count). The summed E-state index contributed by atoms with van der Waals surface area (Å²) in [5, 5.41) is 8.86. The normalized spacial score (nSPS) is 16.0. The SMILES string of the molecule is CCOc1ccc(S(=O)(=O)N2CCN(Cc3ccc(C#N)cc3)CC2)cc1. The van der Waals surface area contributed by atoms with Crippen LogP contribution in [0, 0.1) is 11.3 Å². The van der Waals surface area contributed by atoms with Crippen molar-refractivity contribution in [2.24, 2.45) is 0 Å². The Balaban J connectivity index is 1.59. The van der Waals surface area contributed by atoms with E-state index in [0.717, 1.165) is 12.1 Å². The first-order valence-corrected chi connectivity index (χ1v) is 10.4. The fourth-order valence-electron chi connectivity index (χ4n) is 3.09. The molecule has 2 aromatic carbocycles. The van der Waals surface area contributed by atoms with Gasteiger partial charge in [-0.25, -0.2) is 8.42 Å². The highest BCUT2D eigenvalue weighted by Crippen LogP contribution is 2.21. The van der Waals surface area contributed by atoms with Crippen molar-refractivity contribution in [3.05, 3.63) is 59.7 Å². The summed E-state index contributed by atoms with van der Waals surface area (Å²) in [6, 6.07) is 16.2. The quantitative estimate of drug-likeness (QED) is 0.764. The van der Waals surface area contributed by atoms with E-state index in [1.54, 1.807) is 24.3 Å². The highest BCUT2D eigenvalue weighted by atomic mass is 32.2. The number of hydrogen-bond acceptors (Lipinski definition) is 5. The Hall–Kier alpha value is -2.40. The van der Waals surface area contributed by atoms with E-state index in [0.29, 0.717) is 49.0 Å². The smallest absolute Gasteiger partial charge is 0.243 e. The molecular weight excluding hydrogens is 362 g/mol. The van der Waals surface area contributed by atoms with Crippen molar-refractivity contribution in [1.29, 1.82) is 5.26 Å². The lowest BCUT2D eigenvalue weighted by Gasteiger charge is -2.34. The van der Waals surface area contributed by atoms with Crippen LogP contribution in [0.4, 0.5) is 0 Å². The van der Waals surface area contributed by atoms with Gasteiger partial charge in [-0.3, -0.25) is 4.90 Å². The summed E-state index contributed by atoms with van der Waals surface area (Å²) in [5.74, 6) is 0.670. The molecule has 1 fully saturated rings. The molecule has 0 aromatic heterocycles. The van der Waals surface area contributed by atoms with Gasteiger partial charge in [0.15, 0.2) is 0 Å². The van der Waals surface area contributed by atoms with E-state index < -0.39 is 10.0 Å². The Kier molecular flexibility index (Phi) is 6.11. The van der Waals surface area contributed by atoms with Crippen molar-refractivity contribution in [1.82, 2.24) is 9.21 Å². The van der Waals surface area contributed by atoms with E-state index >= 15 is 0 Å². The highest BCUT2D eigenvalue weighted by molar-refractivity contribution is 7.89. The van der Waals surface area contributed by atoms with Gasteiger partial charge in [0.25, 0.3) is 0 Å². The van der Waals surface area contributed by atoms with Crippen molar-refractivity contribution in [3.63, 3.8) is 0 Å². The maximum atomic E-state index is 12.8. The van der Waals surface area contributed by atoms with E-state index in [1.807, 2.05) is 31.2 Å². The first-order chi connectivity index (χ1) is 13.0. The van der Waals surface area contributed by atoms with Gasteiger partial charge in [-0.2, -0.15) is 9.57 Å². The predicted molar refractivity (Wildman–Crippen MR) is 103 cm³/mol. The second-order valence-corrected chi connectivity index (χ2v) is 8.33. The number of rotatable bonds is 6. The summed E-state index contributed by atoms with van der Waals surface area (Å²) in [7, 11) is -3.48. The fourth-order valence-corrected chi connectivity index (χ4v) is 4.52. The molecule has 6 nitrogen and oxygen atoms in total. The standard InChI is InChI=1S/C20H23N3O3S/c1-2-26-19-7-9-20(10-8-19)27(24,25)23-13-11-22(12-14-23)16-18-5-3-17(15-21)4-6-18/h3-10H,2,11-14,16H2,1H3. The van der Waals surface area contributed by atoms with E-state index in [2.05, 4.69) is 11.0 Å². The first-order valence-electron chi connectivity index (χ1n) is 8.97. The summed E-state index contributed by atoms with van der Waals surface area (Å²) in [6.07, 6.45) is 0. The van der Waals surface area contributed by atoms with E-state index in [4.69, 9.17) is 10.00 Å². The molecule has 1 heterocycles. The Labute approximate surface area is 160 Å². The zero-order valence-electron chi connectivity index (χ0n) is 15.3. The van der Waals surface area contributed by atoms with Gasteiger partial charge in [0.05, 0.1) is 23.1 Å². The van der Waals surface area contributed by atoms with Crippen LogP contribution >= 0.6 is 0 Å². The molecule has 0 saturated carbocycles. The van der Waals surface area contributed by atoms with Crippen LogP contribution < -0.4 is 4.74 Å². The molecule has 7 heteroatoms. The molecule has 2 aromatic rings. The van der Waals surface area contributed by atoms with Gasteiger partial charge in [0.2, 0.25) is 10.0 Å². The molecule has 0 aliphatic carbocycles. The molecule has 1 aliphatic rings. The van der Waals surface area contributed by atoms with Gasteiger partial charge in [0.1, 0.15) is 5.75 Å². The molecule has 27 heavy (non-hydrogen) atoms. The number of hydrogen-bond donors (Lipinski definition) is 0. The number of sulfonamides is 1. The summed E-state index contributed by atoms with van der Waals surface area (Å²) in [6.45, 7) is 5.47. The fraction of sp³-hybridized carbons (Fsp3) is 0.350. The van der Waals surface area contributed by atoms with Crippen LogP contribution in [0.15, 0.2) is 53.4 Å². The van der Waals surface area contributed by atoms with Gasteiger partial charge in [-0.1, -0.05) is 12.1 Å². The predicted octanol–water partition coefficient (Wildman–Crippen LogP) is 2.46. The third kappa shape index (κ3) is 4.66. The molecule has 1 saturated heterocycles. The monoisotopic (exact) mass is 385 g/mol. The Morgan fingerprint density at radius 1 is 1.00 bits per heavy atom. The minimum atomic E-state index is -3.48. The van der Waals surface area contributed by atoms with Gasteiger partial charge in [0, 0.05) is 32.7 Å². The maximum absolute atomic E-state index is 12.8. The third-order valence-electron chi connectivity index (χ3n) is 4.59. The molecule has 0 amide bonds. The number of benzene rings is 2. The number of ether oxygens (including phenoxy) is 1. The van der Waals surface area contributed by atoms with Crippen LogP contribution in [-0.2, 0) is 16.6 Å². The Morgan fingerprint density at radius 2 is 1.63 bits per heavy atom. The maximum Gasteiger partial charge on any atom is 0.243 e. The first kappa shape index (κ1) is 19.4. The number of nitriles is 1. The molecule has 1 aliphatic heterocycles. The highest BCUT2D eigenvalue weighted by Gasteiger charge is 2.28. The molecule has 0 radical (unpaired) electrons. The van der Waals surface area contributed by atoms with Crippen LogP contribution in [0.3, 0.4) is 0 Å². The molecule has 142 valence electrons. The minimum absolute atomic E-state index is 0.298. The minimum Gasteiger partial charge on any atom is -0.494 e. The van der Waals surface area contributed by atoms with E-state index in [1.165, 1.54) is 4.31 Å². The zero-order chi connectivity index (χ0) is 19.3. The van der Waals surface area contributed by atoms with Crippen molar-refractivity contribution < 1.29 is 13.2 Å². The van der Waals surface area contributed by atoms with Crippen molar-refractivity contribution in [2.45, 2.75) is 18.4 Å². The van der Waals surface area contributed by atoms with Crippen molar-refractivity contribution in [2.75, 3.05) is 32.8 Å². The van der Waals surface area contributed by atoms with Crippen LogP contribution in [0.5, 0.6) is 5.75 Å². The topological polar surface area (TPSA) is 73.6 Å². The zero-order valence-corrected chi connectivity index (χ0v) is 16.2. The van der Waals surface area contributed by atoms with Crippen LogP contribution in [0.1, 0.15) is 18.1 Å². The molecule has 0 unspecified atom stereocenters. The van der Waals surface area contributed by atoms with Crippen LogP contribution in [-0.4, -0.2) is 50.4 Å². The molecule has 0 spiro atoms. The van der Waals surface area contributed by atoms with E-state index in [9.17, 15) is 8.42 Å². The van der Waals surface area contributed by atoms with Crippen LogP contribution in [0.25, 0.3) is 0 Å². The van der Waals surface area contributed by atoms with Crippen molar-refractivity contribution in [3.8, 4) is 11.8 Å². The average Bonchev–Trinajstić information content (AvgIpc) is 2.70. The lowest BCUT2D eigenvalue weighted by atomic mass is 10.1. The lowest BCUT2D eigenvalue weighted by Crippen LogP contribution is -2.48. The Bertz CT molecular complexity index is 895.